The van der Waals surface area contributed by atoms with Crippen LogP contribution in [-0.4, -0.2) is 25.9 Å². The summed E-state index contributed by atoms with van der Waals surface area (Å²) in [4.78, 5) is 12.7. The lowest BCUT2D eigenvalue weighted by Crippen LogP contribution is -2.23. The van der Waals surface area contributed by atoms with Gasteiger partial charge in [-0.2, -0.15) is 13.2 Å². The molecule has 2 aromatic carbocycles. The highest BCUT2D eigenvalue weighted by Crippen LogP contribution is 2.31. The minimum absolute atomic E-state index is 0.110. The van der Waals surface area contributed by atoms with Crippen LogP contribution < -0.4 is 10.6 Å². The zero-order valence-corrected chi connectivity index (χ0v) is 20.5. The number of nitrogens with one attached hydrogen (secondary N) is 2. The molecule has 4 aromatic rings. The molecule has 0 unspecified atom stereocenters. The van der Waals surface area contributed by atoms with Crippen LogP contribution in [0.1, 0.15) is 24.1 Å². The van der Waals surface area contributed by atoms with Crippen molar-refractivity contribution in [2.45, 2.75) is 36.6 Å². The monoisotopic (exact) mass is 535 g/mol. The van der Waals surface area contributed by atoms with E-state index in [1.165, 1.54) is 24.1 Å². The van der Waals surface area contributed by atoms with Gasteiger partial charge in [-0.05, 0) is 55.5 Å². The summed E-state index contributed by atoms with van der Waals surface area (Å²) >= 11 is 7.18. The number of alkyl halides is 3. The minimum atomic E-state index is -4.44. The Morgan fingerprint density at radius 2 is 1.89 bits per heavy atom. The van der Waals surface area contributed by atoms with Gasteiger partial charge in [0.05, 0.1) is 30.2 Å². The maximum Gasteiger partial charge on any atom is 0.416 e. The van der Waals surface area contributed by atoms with Crippen molar-refractivity contribution in [3.05, 3.63) is 89.1 Å². The van der Waals surface area contributed by atoms with Gasteiger partial charge in [-0.1, -0.05) is 35.5 Å². The quantitative estimate of drug-likeness (QED) is 0.244. The van der Waals surface area contributed by atoms with Crippen molar-refractivity contribution in [3.8, 4) is 0 Å². The third-order valence-corrected chi connectivity index (χ3v) is 6.39. The molecule has 2 aromatic heterocycles. The topological polar surface area (TPSA) is 85.0 Å². The fourth-order valence-corrected chi connectivity index (χ4v) is 4.32. The zero-order valence-electron chi connectivity index (χ0n) is 18.9. The number of aromatic nitrogens is 3. The van der Waals surface area contributed by atoms with Gasteiger partial charge >= 0.3 is 6.18 Å². The number of thioether (sulfide) groups is 1. The van der Waals surface area contributed by atoms with Crippen molar-refractivity contribution >= 4 is 40.6 Å². The first-order valence-electron chi connectivity index (χ1n) is 10.8. The lowest BCUT2D eigenvalue weighted by molar-refractivity contribution is -0.137. The van der Waals surface area contributed by atoms with Crippen molar-refractivity contribution in [2.75, 3.05) is 10.6 Å². The molecule has 0 spiro atoms. The van der Waals surface area contributed by atoms with Crippen molar-refractivity contribution < 1.29 is 22.4 Å². The Morgan fingerprint density at radius 1 is 1.11 bits per heavy atom. The van der Waals surface area contributed by atoms with Crippen LogP contribution in [0.5, 0.6) is 0 Å². The molecule has 0 radical (unpaired) electrons. The van der Waals surface area contributed by atoms with Crippen LogP contribution in [0.15, 0.2) is 76.5 Å². The number of hydrogen-bond acceptors (Lipinski definition) is 6. The molecule has 0 aliphatic carbocycles. The van der Waals surface area contributed by atoms with Gasteiger partial charge in [-0.25, -0.2) is 0 Å². The van der Waals surface area contributed by atoms with E-state index in [0.29, 0.717) is 33.1 Å². The number of halogens is 4. The van der Waals surface area contributed by atoms with Gasteiger partial charge < -0.3 is 15.1 Å². The van der Waals surface area contributed by atoms with Crippen molar-refractivity contribution in [2.24, 2.45) is 0 Å². The molecule has 0 saturated heterocycles. The summed E-state index contributed by atoms with van der Waals surface area (Å²) in [5.41, 5.74) is 0.115. The SMILES string of the molecule is C[C@H](Sc1nnc(CNc2cccc(C(F)(F)F)c2)n1Cc1ccco1)C(=O)Nc1cccc(Cl)c1. The number of benzene rings is 2. The number of amides is 1. The zero-order chi connectivity index (χ0) is 25.7. The second-order valence-electron chi connectivity index (χ2n) is 7.76. The normalized spacial score (nSPS) is 12.4. The molecule has 0 bridgehead atoms. The summed E-state index contributed by atoms with van der Waals surface area (Å²) in [6.07, 6.45) is -2.91. The fraction of sp³-hybridized carbons (Fsp3) is 0.208. The molecule has 0 saturated carbocycles. The van der Waals surface area contributed by atoms with E-state index >= 15 is 0 Å². The maximum absolute atomic E-state index is 13.0. The van der Waals surface area contributed by atoms with Crippen LogP contribution >= 0.6 is 23.4 Å². The van der Waals surface area contributed by atoms with Gasteiger partial charge in [0, 0.05) is 16.4 Å². The molecule has 1 amide bonds. The Balaban J connectivity index is 1.50. The first kappa shape index (κ1) is 25.6. The molecule has 0 aliphatic heterocycles. The number of hydrogen-bond donors (Lipinski definition) is 2. The predicted octanol–water partition coefficient (Wildman–Crippen LogP) is 6.32. The summed E-state index contributed by atoms with van der Waals surface area (Å²) in [7, 11) is 0. The Labute approximate surface area is 214 Å². The molecule has 0 aliphatic rings. The van der Waals surface area contributed by atoms with E-state index in [2.05, 4.69) is 20.8 Å². The van der Waals surface area contributed by atoms with Crippen LogP contribution in [0.4, 0.5) is 24.5 Å². The molecule has 7 nitrogen and oxygen atoms in total. The average Bonchev–Trinajstić information content (AvgIpc) is 3.48. The molecular formula is C24H21ClF3N5O2S. The second kappa shape index (κ2) is 11.1. The Hall–Kier alpha value is -3.44. The molecular weight excluding hydrogens is 515 g/mol. The van der Waals surface area contributed by atoms with Gasteiger partial charge in [0.15, 0.2) is 11.0 Å². The van der Waals surface area contributed by atoms with E-state index in [-0.39, 0.29) is 19.0 Å². The standard InChI is InChI=1S/C24H21ClF3N5O2S/c1-15(22(34)30-19-8-3-6-17(25)12-19)36-23-32-31-21(33(23)14-20-9-4-10-35-20)13-29-18-7-2-5-16(11-18)24(26,27)28/h2-12,15,29H,13-14H2,1H3,(H,30,34)/t15-/m0/s1. The first-order chi connectivity index (χ1) is 17.2. The summed E-state index contributed by atoms with van der Waals surface area (Å²) in [5.74, 6) is 0.847. The van der Waals surface area contributed by atoms with Gasteiger partial charge in [0.2, 0.25) is 5.91 Å². The number of nitrogens with zero attached hydrogens (tertiary/aromatic N) is 3. The van der Waals surface area contributed by atoms with E-state index in [1.807, 2.05) is 0 Å². The third kappa shape index (κ3) is 6.61. The number of furan rings is 1. The maximum atomic E-state index is 13.0. The largest absolute Gasteiger partial charge is 0.467 e. The Bertz CT molecular complexity index is 1330. The highest BCUT2D eigenvalue weighted by molar-refractivity contribution is 8.00. The number of carbonyl (C=O) groups is 1. The number of rotatable bonds is 9. The van der Waals surface area contributed by atoms with Crippen LogP contribution in [0.25, 0.3) is 0 Å². The Morgan fingerprint density at radius 3 is 2.61 bits per heavy atom. The van der Waals surface area contributed by atoms with E-state index in [0.717, 1.165) is 12.1 Å². The van der Waals surface area contributed by atoms with E-state index in [1.54, 1.807) is 54.0 Å². The molecule has 2 N–H and O–H groups in total. The van der Waals surface area contributed by atoms with Crippen molar-refractivity contribution in [1.29, 1.82) is 0 Å². The summed E-state index contributed by atoms with van der Waals surface area (Å²) in [5, 5.41) is 14.6. The third-order valence-electron chi connectivity index (χ3n) is 5.07. The van der Waals surface area contributed by atoms with Crippen LogP contribution in [0.3, 0.4) is 0 Å². The number of carbonyl (C=O) groups excluding carboxylic acids is 1. The van der Waals surface area contributed by atoms with Gasteiger partial charge in [-0.3, -0.25) is 9.36 Å². The second-order valence-corrected chi connectivity index (χ2v) is 9.50. The van der Waals surface area contributed by atoms with Gasteiger partial charge in [0.25, 0.3) is 0 Å². The molecule has 0 fully saturated rings. The average molecular weight is 536 g/mol. The summed E-state index contributed by atoms with van der Waals surface area (Å²) in [6.45, 7) is 2.13. The van der Waals surface area contributed by atoms with E-state index in [4.69, 9.17) is 16.0 Å². The summed E-state index contributed by atoms with van der Waals surface area (Å²) < 4.78 is 46.4. The highest BCUT2D eigenvalue weighted by atomic mass is 35.5. The highest BCUT2D eigenvalue weighted by Gasteiger charge is 2.30. The lowest BCUT2D eigenvalue weighted by Gasteiger charge is -2.14. The van der Waals surface area contributed by atoms with Crippen LogP contribution in [-0.2, 0) is 24.1 Å². The van der Waals surface area contributed by atoms with E-state index < -0.39 is 17.0 Å². The van der Waals surface area contributed by atoms with Crippen molar-refractivity contribution in [3.63, 3.8) is 0 Å². The Kier molecular flexibility index (Phi) is 7.90. The molecule has 12 heteroatoms. The van der Waals surface area contributed by atoms with Crippen molar-refractivity contribution in [1.82, 2.24) is 14.8 Å². The van der Waals surface area contributed by atoms with Crippen LogP contribution in [0.2, 0.25) is 5.02 Å². The van der Waals surface area contributed by atoms with Gasteiger partial charge in [0.1, 0.15) is 5.76 Å². The van der Waals surface area contributed by atoms with Gasteiger partial charge in [-0.15, -0.1) is 10.2 Å². The molecule has 4 rings (SSSR count). The van der Waals surface area contributed by atoms with Crippen LogP contribution in [0, 0.1) is 0 Å². The molecule has 36 heavy (non-hydrogen) atoms. The van der Waals surface area contributed by atoms with E-state index in [9.17, 15) is 18.0 Å². The predicted molar refractivity (Wildman–Crippen MR) is 132 cm³/mol. The summed E-state index contributed by atoms with van der Waals surface area (Å²) in [6, 6.07) is 15.3. The first-order valence-corrected chi connectivity index (χ1v) is 12.0. The smallest absolute Gasteiger partial charge is 0.416 e. The molecule has 2 heterocycles. The lowest BCUT2D eigenvalue weighted by atomic mass is 10.2. The fourth-order valence-electron chi connectivity index (χ4n) is 3.26. The minimum Gasteiger partial charge on any atom is -0.467 e. The molecule has 1 atom stereocenters. The molecule has 188 valence electrons. The number of anilines is 2.